The number of hydrogen-bond acceptors (Lipinski definition) is 2. The molecule has 1 aliphatic heterocycles. The number of rotatable bonds is 2. The molecule has 0 saturated heterocycles. The third-order valence-electron chi connectivity index (χ3n) is 7.35. The molecule has 0 bridgehead atoms. The average molecular weight is 438 g/mol. The molecule has 2 heterocycles. The molecule has 0 saturated carbocycles. The molecule has 2 heteroatoms. The van der Waals surface area contributed by atoms with Gasteiger partial charge in [-0.25, -0.2) is 0 Å². The Morgan fingerprint density at radius 3 is 1.82 bits per heavy atom. The normalized spacial score (nSPS) is 14.2. The zero-order valence-corrected chi connectivity index (χ0v) is 18.9. The first-order chi connectivity index (χ1) is 16.8. The van der Waals surface area contributed by atoms with Gasteiger partial charge in [-0.15, -0.1) is 0 Å². The van der Waals surface area contributed by atoms with Crippen LogP contribution in [-0.2, 0) is 5.41 Å². The lowest BCUT2D eigenvalue weighted by Crippen LogP contribution is -2.38. The van der Waals surface area contributed by atoms with Gasteiger partial charge in [0, 0.05) is 34.8 Å². The van der Waals surface area contributed by atoms with Gasteiger partial charge in [-0.1, -0.05) is 103 Å². The Bertz CT molecular complexity index is 1630. The summed E-state index contributed by atoms with van der Waals surface area (Å²) in [6, 6.07) is 43.3. The number of anilines is 2. The summed E-state index contributed by atoms with van der Waals surface area (Å²) in [5, 5.41) is 2.30. The second-order valence-electron chi connectivity index (χ2n) is 8.99. The van der Waals surface area contributed by atoms with Crippen LogP contribution >= 0.6 is 0 Å². The fraction of sp³-hybridized carbons (Fsp3) is 0.0625. The third-order valence-corrected chi connectivity index (χ3v) is 7.35. The van der Waals surface area contributed by atoms with E-state index in [0.29, 0.717) is 0 Å². The topological polar surface area (TPSA) is 16.4 Å². The van der Waals surface area contributed by atoms with Crippen molar-refractivity contribution in [1.29, 1.82) is 0 Å². The van der Waals surface area contributed by atoms with Crippen molar-refractivity contribution in [2.45, 2.75) is 5.41 Å². The van der Waals surface area contributed by atoms with Crippen LogP contribution in [0.3, 0.4) is 0 Å². The Kier molecular flexibility index (Phi) is 4.01. The van der Waals surface area contributed by atoms with Gasteiger partial charge >= 0.3 is 0 Å². The highest BCUT2D eigenvalue weighted by Gasteiger charge is 2.46. The van der Waals surface area contributed by atoms with E-state index in [9.17, 15) is 0 Å². The number of nitrogens with zero attached hydrogens (tertiary/aromatic N) is 1. The highest BCUT2D eigenvalue weighted by molar-refractivity contribution is 6.07. The van der Waals surface area contributed by atoms with E-state index < -0.39 is 5.41 Å². The van der Waals surface area contributed by atoms with Gasteiger partial charge in [0.25, 0.3) is 0 Å². The van der Waals surface area contributed by atoms with Crippen molar-refractivity contribution in [2.24, 2.45) is 0 Å². The predicted octanol–water partition coefficient (Wildman–Crippen LogP) is 8.05. The largest absolute Gasteiger partial charge is 0.456 e. The quantitative estimate of drug-likeness (QED) is 0.272. The molecule has 2 nitrogen and oxygen atoms in total. The van der Waals surface area contributed by atoms with E-state index in [1.807, 2.05) is 6.07 Å². The van der Waals surface area contributed by atoms with Gasteiger partial charge in [0.05, 0.1) is 5.41 Å². The van der Waals surface area contributed by atoms with Crippen LogP contribution in [0.4, 0.5) is 11.4 Å². The molecule has 0 fully saturated rings. The molecule has 0 amide bonds. The summed E-state index contributed by atoms with van der Waals surface area (Å²) in [5.41, 5.74) is 8.68. The first-order valence-corrected chi connectivity index (χ1v) is 11.7. The molecule has 5 aromatic carbocycles. The monoisotopic (exact) mass is 437 g/mol. The molecular formula is C32H23NO. The maximum absolute atomic E-state index is 6.63. The van der Waals surface area contributed by atoms with Crippen molar-refractivity contribution < 1.29 is 4.42 Å². The Morgan fingerprint density at radius 1 is 0.529 bits per heavy atom. The minimum atomic E-state index is -0.520. The summed E-state index contributed by atoms with van der Waals surface area (Å²) in [7, 11) is 2.16. The Morgan fingerprint density at radius 2 is 1.09 bits per heavy atom. The van der Waals surface area contributed by atoms with Gasteiger partial charge < -0.3 is 9.32 Å². The number of para-hydroxylation sites is 4. The highest BCUT2D eigenvalue weighted by atomic mass is 16.3. The standard InChI is InChI=1S/C32H23NO/c1-33-28-19-8-6-16-25(28)32(22-12-3-2-4-13-22,26-17-7-9-20-29(26)33)27-18-11-15-24-23-14-5-10-21-30(23)34-31(24)27/h2-21H,1H3. The molecule has 0 unspecified atom stereocenters. The van der Waals surface area contributed by atoms with E-state index in [2.05, 4.69) is 127 Å². The Balaban J connectivity index is 1.72. The smallest absolute Gasteiger partial charge is 0.140 e. The van der Waals surface area contributed by atoms with E-state index in [1.54, 1.807) is 0 Å². The maximum atomic E-state index is 6.63. The lowest BCUT2D eigenvalue weighted by Gasteiger charge is -2.45. The van der Waals surface area contributed by atoms with Crippen molar-refractivity contribution in [3.05, 3.63) is 144 Å². The van der Waals surface area contributed by atoms with Gasteiger partial charge in [-0.3, -0.25) is 0 Å². The van der Waals surface area contributed by atoms with Crippen LogP contribution in [0, 0.1) is 0 Å². The molecule has 0 N–H and O–H groups in total. The zero-order valence-electron chi connectivity index (χ0n) is 18.9. The van der Waals surface area contributed by atoms with Gasteiger partial charge in [0.2, 0.25) is 0 Å². The first kappa shape index (κ1) is 19.2. The summed E-state index contributed by atoms with van der Waals surface area (Å²) in [6.07, 6.45) is 0. The molecule has 0 atom stereocenters. The average Bonchev–Trinajstić information content (AvgIpc) is 3.29. The van der Waals surface area contributed by atoms with Crippen LogP contribution in [-0.4, -0.2) is 7.05 Å². The summed E-state index contributed by atoms with van der Waals surface area (Å²) >= 11 is 0. The van der Waals surface area contributed by atoms with Gasteiger partial charge in [0.15, 0.2) is 0 Å². The van der Waals surface area contributed by atoms with Crippen molar-refractivity contribution in [3.8, 4) is 0 Å². The summed E-state index contributed by atoms with van der Waals surface area (Å²) in [5.74, 6) is 0. The van der Waals surface area contributed by atoms with Crippen molar-refractivity contribution in [1.82, 2.24) is 0 Å². The van der Waals surface area contributed by atoms with Crippen molar-refractivity contribution in [2.75, 3.05) is 11.9 Å². The van der Waals surface area contributed by atoms with Gasteiger partial charge in [-0.05, 0) is 34.9 Å². The van der Waals surface area contributed by atoms with Crippen LogP contribution in [0.5, 0.6) is 0 Å². The molecular weight excluding hydrogens is 414 g/mol. The predicted molar refractivity (Wildman–Crippen MR) is 140 cm³/mol. The minimum absolute atomic E-state index is 0.520. The fourth-order valence-corrected chi connectivity index (χ4v) is 5.93. The Labute approximate surface area is 198 Å². The lowest BCUT2D eigenvalue weighted by atomic mass is 9.62. The summed E-state index contributed by atoms with van der Waals surface area (Å²) < 4.78 is 6.63. The van der Waals surface area contributed by atoms with Crippen LogP contribution in [0.1, 0.15) is 22.3 Å². The lowest BCUT2D eigenvalue weighted by molar-refractivity contribution is 0.642. The van der Waals surface area contributed by atoms with E-state index in [-0.39, 0.29) is 0 Å². The number of hydrogen-bond donors (Lipinski definition) is 0. The second-order valence-corrected chi connectivity index (χ2v) is 8.99. The molecule has 7 rings (SSSR count). The van der Waals surface area contributed by atoms with Gasteiger partial charge in [-0.2, -0.15) is 0 Å². The van der Waals surface area contributed by atoms with Crippen LogP contribution < -0.4 is 4.90 Å². The summed E-state index contributed by atoms with van der Waals surface area (Å²) in [4.78, 5) is 2.31. The molecule has 0 radical (unpaired) electrons. The number of benzene rings is 5. The summed E-state index contributed by atoms with van der Waals surface area (Å²) in [6.45, 7) is 0. The molecule has 6 aromatic rings. The second kappa shape index (κ2) is 7.10. The van der Waals surface area contributed by atoms with E-state index in [0.717, 1.165) is 21.9 Å². The molecule has 0 aliphatic carbocycles. The van der Waals surface area contributed by atoms with Crippen LogP contribution in [0.25, 0.3) is 21.9 Å². The van der Waals surface area contributed by atoms with Crippen molar-refractivity contribution >= 4 is 33.3 Å². The maximum Gasteiger partial charge on any atom is 0.140 e. The molecule has 0 spiro atoms. The molecule has 1 aliphatic rings. The van der Waals surface area contributed by atoms with Crippen LogP contribution in [0.2, 0.25) is 0 Å². The van der Waals surface area contributed by atoms with E-state index >= 15 is 0 Å². The van der Waals surface area contributed by atoms with Gasteiger partial charge in [0.1, 0.15) is 11.2 Å². The number of fused-ring (bicyclic) bond motifs is 5. The minimum Gasteiger partial charge on any atom is -0.456 e. The molecule has 162 valence electrons. The molecule has 1 aromatic heterocycles. The highest BCUT2D eigenvalue weighted by Crippen LogP contribution is 2.56. The first-order valence-electron chi connectivity index (χ1n) is 11.7. The Hall–Kier alpha value is -4.30. The van der Waals surface area contributed by atoms with E-state index in [4.69, 9.17) is 4.42 Å². The third kappa shape index (κ3) is 2.40. The fourth-order valence-electron chi connectivity index (χ4n) is 5.93. The van der Waals surface area contributed by atoms with Crippen LogP contribution in [0.15, 0.2) is 126 Å². The molecule has 34 heavy (non-hydrogen) atoms. The number of furan rings is 1. The zero-order chi connectivity index (χ0) is 22.7. The SMILES string of the molecule is CN1c2ccccc2C(c2ccccc2)(c2cccc3c2oc2ccccc23)c2ccccc21. The van der Waals surface area contributed by atoms with E-state index in [1.165, 1.54) is 33.6 Å². The van der Waals surface area contributed by atoms with Crippen molar-refractivity contribution in [3.63, 3.8) is 0 Å².